The van der Waals surface area contributed by atoms with Gasteiger partial charge in [0.05, 0.1) is 12.3 Å². The molecule has 1 unspecified atom stereocenters. The minimum atomic E-state index is -0.975. The molecule has 9 nitrogen and oxygen atoms in total. The molecule has 0 aliphatic carbocycles. The Morgan fingerprint density at radius 3 is 2.92 bits per heavy atom. The molecule has 0 spiro atoms. The number of methoxy groups -OCH3 is 1. The van der Waals surface area contributed by atoms with Gasteiger partial charge in [0.15, 0.2) is 5.82 Å². The molecule has 0 aromatic carbocycles. The summed E-state index contributed by atoms with van der Waals surface area (Å²) in [6.07, 6.45) is 5.49. The smallest absolute Gasteiger partial charge is 0.277 e. The number of H-pyrrole nitrogens is 1. The zero-order valence-electron chi connectivity index (χ0n) is 13.7. The molecule has 3 aliphatic rings. The summed E-state index contributed by atoms with van der Waals surface area (Å²) in [6.45, 7) is 3.67. The van der Waals surface area contributed by atoms with Gasteiger partial charge in [0.25, 0.3) is 5.79 Å². The van der Waals surface area contributed by atoms with Crippen molar-refractivity contribution in [3.8, 4) is 0 Å². The summed E-state index contributed by atoms with van der Waals surface area (Å²) < 4.78 is 5.43. The van der Waals surface area contributed by atoms with E-state index in [0.29, 0.717) is 23.6 Å². The van der Waals surface area contributed by atoms with Gasteiger partial charge >= 0.3 is 0 Å². The predicted octanol–water partition coefficient (Wildman–Crippen LogP) is 0.818. The molecule has 3 aliphatic heterocycles. The van der Waals surface area contributed by atoms with Crippen LogP contribution >= 0.6 is 0 Å². The Balaban J connectivity index is 1.58. The number of nitrogens with one attached hydrogen (secondary N) is 2. The molecule has 1 fully saturated rings. The van der Waals surface area contributed by atoms with Crippen LogP contribution in [0.3, 0.4) is 0 Å². The van der Waals surface area contributed by atoms with Crippen molar-refractivity contribution >= 4 is 30.0 Å². The van der Waals surface area contributed by atoms with Crippen molar-refractivity contribution in [1.82, 2.24) is 15.1 Å². The Bertz CT molecular complexity index is 740. The summed E-state index contributed by atoms with van der Waals surface area (Å²) in [4.78, 5) is 20.1. The fraction of sp³-hybridized carbons (Fsp3) is 0.533. The summed E-state index contributed by atoms with van der Waals surface area (Å²) >= 11 is 0. The van der Waals surface area contributed by atoms with Crippen LogP contribution in [0.25, 0.3) is 0 Å². The summed E-state index contributed by atoms with van der Waals surface area (Å²) in [7, 11) is 1.76. The van der Waals surface area contributed by atoms with Crippen LogP contribution in [-0.4, -0.2) is 71.4 Å². The number of nitrogens with zero attached hydrogens (tertiary/aromatic N) is 6. The van der Waals surface area contributed by atoms with Crippen molar-refractivity contribution in [2.45, 2.75) is 31.7 Å². The average molecular weight is 328 g/mol. The van der Waals surface area contributed by atoms with E-state index in [0.717, 1.165) is 31.6 Å². The van der Waals surface area contributed by atoms with Gasteiger partial charge in [0.2, 0.25) is 5.96 Å². The molecule has 1 aromatic heterocycles. The lowest BCUT2D eigenvalue weighted by molar-refractivity contribution is 0.0575. The molecule has 0 radical (unpaired) electrons. The number of guanidine groups is 1. The molecule has 24 heavy (non-hydrogen) atoms. The highest BCUT2D eigenvalue weighted by Gasteiger charge is 2.41. The number of piperidine rings is 1. The second-order valence-corrected chi connectivity index (χ2v) is 6.08. The summed E-state index contributed by atoms with van der Waals surface area (Å²) in [5.74, 6) is 0.370. The summed E-state index contributed by atoms with van der Waals surface area (Å²) in [5.41, 5.74) is 1.63. The third-order valence-electron chi connectivity index (χ3n) is 4.43. The van der Waals surface area contributed by atoms with Gasteiger partial charge in [-0.05, 0) is 19.8 Å². The molecule has 0 bridgehead atoms. The number of fused-ring (bicyclic) bond motifs is 1. The second-order valence-electron chi connectivity index (χ2n) is 6.08. The number of anilines is 1. The summed E-state index contributed by atoms with van der Waals surface area (Å²) in [5, 5.41) is 10.4. The highest BCUT2D eigenvalue weighted by atomic mass is 16.5. The molecule has 4 rings (SSSR count). The first-order chi connectivity index (χ1) is 11.7. The van der Waals surface area contributed by atoms with Gasteiger partial charge in [-0.1, -0.05) is 0 Å². The maximum Gasteiger partial charge on any atom is 0.277 e. The van der Waals surface area contributed by atoms with Crippen molar-refractivity contribution in [3.05, 3.63) is 11.8 Å². The fourth-order valence-corrected chi connectivity index (χ4v) is 3.06. The van der Waals surface area contributed by atoms with Crippen LogP contribution in [0.5, 0.6) is 0 Å². The van der Waals surface area contributed by atoms with E-state index in [4.69, 9.17) is 9.73 Å². The van der Waals surface area contributed by atoms with E-state index in [1.807, 2.05) is 13.0 Å². The van der Waals surface area contributed by atoms with E-state index in [1.165, 1.54) is 6.34 Å². The SMILES string of the molecule is COC1CCN(C2=NC3(Nc4cc(C)[nH]n4)N=CN=C3C=N2)CC1. The Kier molecular flexibility index (Phi) is 3.64. The number of ether oxygens (including phenoxy) is 1. The quantitative estimate of drug-likeness (QED) is 0.857. The van der Waals surface area contributed by atoms with Gasteiger partial charge in [0.1, 0.15) is 12.1 Å². The molecule has 126 valence electrons. The van der Waals surface area contributed by atoms with E-state index in [2.05, 4.69) is 35.4 Å². The normalized spacial score (nSPS) is 26.3. The van der Waals surface area contributed by atoms with Crippen molar-refractivity contribution in [1.29, 1.82) is 0 Å². The van der Waals surface area contributed by atoms with Gasteiger partial charge < -0.3 is 15.0 Å². The highest BCUT2D eigenvalue weighted by Crippen LogP contribution is 2.26. The van der Waals surface area contributed by atoms with E-state index < -0.39 is 5.79 Å². The second kappa shape index (κ2) is 5.82. The monoisotopic (exact) mass is 328 g/mol. The van der Waals surface area contributed by atoms with Crippen molar-refractivity contribution in [2.75, 3.05) is 25.5 Å². The topological polar surface area (TPSA) is 103 Å². The third kappa shape index (κ3) is 2.60. The number of aromatic nitrogens is 2. The Hall–Kier alpha value is -2.55. The van der Waals surface area contributed by atoms with Crippen LogP contribution in [0, 0.1) is 6.92 Å². The third-order valence-corrected chi connectivity index (χ3v) is 4.43. The minimum Gasteiger partial charge on any atom is -0.381 e. The first kappa shape index (κ1) is 15.0. The number of aliphatic imine (C=N–C) groups is 4. The number of aryl methyl sites for hydroxylation is 1. The minimum absolute atomic E-state index is 0.315. The van der Waals surface area contributed by atoms with Gasteiger partial charge in [-0.25, -0.2) is 15.0 Å². The van der Waals surface area contributed by atoms with Crippen LogP contribution in [0.15, 0.2) is 26.0 Å². The number of hydrogen-bond donors (Lipinski definition) is 2. The van der Waals surface area contributed by atoms with Crippen LogP contribution in [0.1, 0.15) is 18.5 Å². The Labute approximate surface area is 139 Å². The van der Waals surface area contributed by atoms with Crippen LogP contribution in [0.4, 0.5) is 5.82 Å². The zero-order chi connectivity index (χ0) is 16.6. The number of aromatic amines is 1. The van der Waals surface area contributed by atoms with Gasteiger partial charge in [-0.3, -0.25) is 5.10 Å². The Morgan fingerprint density at radius 1 is 1.38 bits per heavy atom. The largest absolute Gasteiger partial charge is 0.381 e. The Morgan fingerprint density at radius 2 is 2.21 bits per heavy atom. The van der Waals surface area contributed by atoms with E-state index in [1.54, 1.807) is 13.3 Å². The summed E-state index contributed by atoms with van der Waals surface area (Å²) in [6, 6.07) is 1.91. The maximum absolute atomic E-state index is 5.43. The molecular weight excluding hydrogens is 308 g/mol. The van der Waals surface area contributed by atoms with Gasteiger partial charge in [0, 0.05) is 32.0 Å². The van der Waals surface area contributed by atoms with E-state index in [9.17, 15) is 0 Å². The number of rotatable bonds is 3. The lowest BCUT2D eigenvalue weighted by Crippen LogP contribution is -2.49. The van der Waals surface area contributed by atoms with Gasteiger partial charge in [-0.15, -0.1) is 0 Å². The lowest BCUT2D eigenvalue weighted by Gasteiger charge is -2.35. The van der Waals surface area contributed by atoms with Crippen LogP contribution in [-0.2, 0) is 4.74 Å². The number of hydrogen-bond acceptors (Lipinski definition) is 8. The average Bonchev–Trinajstić information content (AvgIpc) is 3.20. The molecule has 1 saturated heterocycles. The molecule has 1 atom stereocenters. The van der Waals surface area contributed by atoms with Crippen molar-refractivity contribution in [3.63, 3.8) is 0 Å². The first-order valence-electron chi connectivity index (χ1n) is 8.02. The molecule has 4 heterocycles. The molecule has 1 aromatic rings. The van der Waals surface area contributed by atoms with Gasteiger partial charge in [-0.2, -0.15) is 10.1 Å². The number of likely N-dealkylation sites (tertiary alicyclic amines) is 1. The highest BCUT2D eigenvalue weighted by molar-refractivity contribution is 6.40. The maximum atomic E-state index is 5.43. The van der Waals surface area contributed by atoms with Crippen molar-refractivity contribution < 1.29 is 4.74 Å². The predicted molar refractivity (Wildman–Crippen MR) is 93.1 cm³/mol. The van der Waals surface area contributed by atoms with E-state index >= 15 is 0 Å². The fourth-order valence-electron chi connectivity index (χ4n) is 3.06. The molecule has 9 heteroatoms. The van der Waals surface area contributed by atoms with Crippen molar-refractivity contribution in [2.24, 2.45) is 20.0 Å². The molecule has 0 saturated carbocycles. The van der Waals surface area contributed by atoms with E-state index in [-0.39, 0.29) is 0 Å². The van der Waals surface area contributed by atoms with Crippen LogP contribution in [0.2, 0.25) is 0 Å². The first-order valence-corrected chi connectivity index (χ1v) is 8.02. The lowest BCUT2D eigenvalue weighted by atomic mass is 10.1. The zero-order valence-corrected chi connectivity index (χ0v) is 13.7. The van der Waals surface area contributed by atoms with Crippen LogP contribution < -0.4 is 5.32 Å². The molecular formula is C15H20N8O. The molecule has 0 amide bonds. The molecule has 2 N–H and O–H groups in total. The standard InChI is InChI=1S/C15H20N8O/c1-10-7-13(22-21-10)19-15-12(17-9-18-15)8-16-14(20-15)23-5-3-11(24-2)4-6-23/h7-9,11H,3-6H2,1-2H3,(H2,19,21,22).